The van der Waals surface area contributed by atoms with E-state index >= 15 is 0 Å². The maximum atomic E-state index is 13.2. The van der Waals surface area contributed by atoms with Crippen molar-refractivity contribution in [2.45, 2.75) is 15.9 Å². The second-order valence-corrected chi connectivity index (χ2v) is 13.6. The average molecular weight is 584 g/mol. The molecule has 0 radical (unpaired) electrons. The minimum Gasteiger partial charge on any atom is -0.367 e. The van der Waals surface area contributed by atoms with Crippen molar-refractivity contribution >= 4 is 43.1 Å². The highest BCUT2D eigenvalue weighted by molar-refractivity contribution is 7.93. The quantitative estimate of drug-likeness (QED) is 0.369. The largest absolute Gasteiger partial charge is 0.367 e. The van der Waals surface area contributed by atoms with Crippen LogP contribution >= 0.6 is 23.2 Å². The van der Waals surface area contributed by atoms with Crippen molar-refractivity contribution in [3.63, 3.8) is 0 Å². The molecule has 0 N–H and O–H groups in total. The zero-order valence-electron chi connectivity index (χ0n) is 20.3. The molecule has 1 aliphatic heterocycles. The second-order valence-electron chi connectivity index (χ2n) is 8.82. The molecular formula is C26H28Cl2N2O5S2. The molecule has 3 aromatic carbocycles. The number of nitrogens with zero attached hydrogens (tertiary/aromatic N) is 2. The number of ether oxygens (including phenoxy) is 1. The molecule has 1 saturated heterocycles. The summed E-state index contributed by atoms with van der Waals surface area (Å²) in [7, 11) is -7.62. The molecule has 0 spiro atoms. The summed E-state index contributed by atoms with van der Waals surface area (Å²) in [4.78, 5) is 1.78. The maximum Gasteiger partial charge on any atom is 0.244 e. The van der Waals surface area contributed by atoms with Crippen molar-refractivity contribution in [3.05, 3.63) is 94.0 Å². The molecule has 198 valence electrons. The summed E-state index contributed by atoms with van der Waals surface area (Å²) in [6.07, 6.45) is 0.712. The van der Waals surface area contributed by atoms with Crippen LogP contribution in [0.25, 0.3) is 0 Å². The number of rotatable bonds is 9. The number of piperazine rings is 1. The van der Waals surface area contributed by atoms with Crippen molar-refractivity contribution < 1.29 is 21.6 Å². The SMILES string of the molecule is CS(=O)(=O)c1ccccc1S(=O)(=O)N1CCN(CCOC(c2ccc(Cl)cc2)c2ccc(Cl)cc2)CC1. The lowest BCUT2D eigenvalue weighted by Gasteiger charge is -2.34. The molecule has 0 aliphatic carbocycles. The highest BCUT2D eigenvalue weighted by atomic mass is 35.5. The van der Waals surface area contributed by atoms with Gasteiger partial charge in [0.25, 0.3) is 0 Å². The fourth-order valence-corrected chi connectivity index (χ4v) is 7.54. The molecule has 0 atom stereocenters. The van der Waals surface area contributed by atoms with Gasteiger partial charge in [-0.1, -0.05) is 59.6 Å². The molecule has 0 unspecified atom stereocenters. The molecule has 4 rings (SSSR count). The van der Waals surface area contributed by atoms with E-state index in [4.69, 9.17) is 27.9 Å². The molecule has 1 heterocycles. The van der Waals surface area contributed by atoms with E-state index in [0.717, 1.165) is 17.4 Å². The molecule has 0 aromatic heterocycles. The lowest BCUT2D eigenvalue weighted by molar-refractivity contribution is 0.0527. The van der Waals surface area contributed by atoms with Gasteiger partial charge >= 0.3 is 0 Å². The maximum absolute atomic E-state index is 13.2. The van der Waals surface area contributed by atoms with Gasteiger partial charge in [0.2, 0.25) is 10.0 Å². The smallest absolute Gasteiger partial charge is 0.244 e. The third-order valence-corrected chi connectivity index (χ3v) is 9.98. The van der Waals surface area contributed by atoms with Gasteiger partial charge in [-0.3, -0.25) is 4.90 Å². The number of benzene rings is 3. The minimum absolute atomic E-state index is 0.178. The summed E-state index contributed by atoms with van der Waals surface area (Å²) in [5.74, 6) is 0. The van der Waals surface area contributed by atoms with Crippen molar-refractivity contribution in [2.24, 2.45) is 0 Å². The van der Waals surface area contributed by atoms with Crippen LogP contribution in [0.1, 0.15) is 17.2 Å². The van der Waals surface area contributed by atoms with Gasteiger partial charge in [-0.2, -0.15) is 4.31 Å². The molecule has 11 heteroatoms. The Kier molecular flexibility index (Phi) is 8.96. The van der Waals surface area contributed by atoms with Gasteiger partial charge in [0.1, 0.15) is 11.0 Å². The van der Waals surface area contributed by atoms with Crippen LogP contribution in [0.15, 0.2) is 82.6 Å². The first-order valence-electron chi connectivity index (χ1n) is 11.7. The Morgan fingerprint density at radius 3 is 1.73 bits per heavy atom. The Bertz CT molecular complexity index is 1380. The molecule has 3 aromatic rings. The monoisotopic (exact) mass is 582 g/mol. The Hall–Kier alpha value is -1.98. The summed E-state index contributed by atoms with van der Waals surface area (Å²) in [6, 6.07) is 20.7. The van der Waals surface area contributed by atoms with E-state index in [0.29, 0.717) is 36.3 Å². The lowest BCUT2D eigenvalue weighted by atomic mass is 10.0. The molecule has 0 saturated carbocycles. The predicted octanol–water partition coefficient (Wildman–Crippen LogP) is 4.51. The Morgan fingerprint density at radius 1 is 0.757 bits per heavy atom. The lowest BCUT2D eigenvalue weighted by Crippen LogP contribution is -2.49. The van der Waals surface area contributed by atoms with Gasteiger partial charge in [0.15, 0.2) is 9.84 Å². The molecule has 7 nitrogen and oxygen atoms in total. The number of sulfonamides is 1. The Morgan fingerprint density at radius 2 is 1.24 bits per heavy atom. The highest BCUT2D eigenvalue weighted by Gasteiger charge is 2.32. The van der Waals surface area contributed by atoms with E-state index < -0.39 is 19.9 Å². The first-order chi connectivity index (χ1) is 17.6. The second kappa shape index (κ2) is 11.8. The number of hydrogen-bond acceptors (Lipinski definition) is 6. The van der Waals surface area contributed by atoms with Crippen LogP contribution in [0.5, 0.6) is 0 Å². The Labute approximate surface area is 228 Å². The average Bonchev–Trinajstić information content (AvgIpc) is 2.88. The minimum atomic E-state index is -3.94. The van der Waals surface area contributed by atoms with Gasteiger partial charge in [0.05, 0.1) is 11.5 Å². The first kappa shape index (κ1) is 28.0. The summed E-state index contributed by atoms with van der Waals surface area (Å²) < 4.78 is 58.3. The third kappa shape index (κ3) is 6.92. The first-order valence-corrected chi connectivity index (χ1v) is 15.8. The van der Waals surface area contributed by atoms with Crippen LogP contribution in [0, 0.1) is 0 Å². The van der Waals surface area contributed by atoms with E-state index in [9.17, 15) is 16.8 Å². The number of halogens is 2. The van der Waals surface area contributed by atoms with Gasteiger partial charge < -0.3 is 4.74 Å². The number of sulfone groups is 1. The van der Waals surface area contributed by atoms with E-state index in [1.165, 1.54) is 28.6 Å². The van der Waals surface area contributed by atoms with E-state index in [1.54, 1.807) is 0 Å². The van der Waals surface area contributed by atoms with Crippen molar-refractivity contribution in [1.82, 2.24) is 9.21 Å². The zero-order valence-corrected chi connectivity index (χ0v) is 23.4. The van der Waals surface area contributed by atoms with Gasteiger partial charge in [-0.15, -0.1) is 0 Å². The van der Waals surface area contributed by atoms with Crippen LogP contribution in [-0.4, -0.2) is 71.6 Å². The van der Waals surface area contributed by atoms with Gasteiger partial charge in [-0.05, 0) is 47.5 Å². The van der Waals surface area contributed by atoms with E-state index in [2.05, 4.69) is 4.90 Å². The van der Waals surface area contributed by atoms with Crippen molar-refractivity contribution in [2.75, 3.05) is 45.6 Å². The normalized spacial score (nSPS) is 15.8. The topological polar surface area (TPSA) is 84.0 Å². The summed E-state index contributed by atoms with van der Waals surface area (Å²) in [5, 5.41) is 1.29. The summed E-state index contributed by atoms with van der Waals surface area (Å²) >= 11 is 12.1. The van der Waals surface area contributed by atoms with Crippen LogP contribution < -0.4 is 0 Å². The summed E-state index contributed by atoms with van der Waals surface area (Å²) in [6.45, 7) is 2.59. The van der Waals surface area contributed by atoms with Crippen molar-refractivity contribution in [1.29, 1.82) is 0 Å². The molecular weight excluding hydrogens is 555 g/mol. The fraction of sp³-hybridized carbons (Fsp3) is 0.308. The summed E-state index contributed by atoms with van der Waals surface area (Å²) in [5.41, 5.74) is 1.93. The fourth-order valence-electron chi connectivity index (χ4n) is 4.26. The standard InChI is InChI=1S/C26H28Cl2N2O5S2/c1-36(31,32)24-4-2-3-5-25(24)37(33,34)30-16-14-29(15-17-30)18-19-35-26(20-6-10-22(27)11-7-20)21-8-12-23(28)13-9-21/h2-13,26H,14-19H2,1H3. The van der Waals surface area contributed by atoms with Crippen LogP contribution in [-0.2, 0) is 24.6 Å². The predicted molar refractivity (Wildman–Crippen MR) is 145 cm³/mol. The zero-order chi connectivity index (χ0) is 26.6. The highest BCUT2D eigenvalue weighted by Crippen LogP contribution is 2.29. The Balaban J connectivity index is 1.38. The molecule has 1 fully saturated rings. The molecule has 1 aliphatic rings. The molecule has 0 amide bonds. The van der Waals surface area contributed by atoms with Crippen LogP contribution in [0.2, 0.25) is 10.0 Å². The third-order valence-electron chi connectivity index (χ3n) is 6.24. The van der Waals surface area contributed by atoms with E-state index in [-0.39, 0.29) is 29.0 Å². The van der Waals surface area contributed by atoms with Crippen LogP contribution in [0.3, 0.4) is 0 Å². The molecule has 0 bridgehead atoms. The van der Waals surface area contributed by atoms with Gasteiger partial charge in [-0.25, -0.2) is 16.8 Å². The van der Waals surface area contributed by atoms with Crippen LogP contribution in [0.4, 0.5) is 0 Å². The van der Waals surface area contributed by atoms with Gasteiger partial charge in [0, 0.05) is 49.0 Å². The number of hydrogen-bond donors (Lipinski definition) is 0. The molecule has 37 heavy (non-hydrogen) atoms. The van der Waals surface area contributed by atoms with E-state index in [1.807, 2.05) is 48.5 Å². The van der Waals surface area contributed by atoms with Crippen molar-refractivity contribution in [3.8, 4) is 0 Å².